The Morgan fingerprint density at radius 2 is 1.74 bits per heavy atom. The van der Waals surface area contributed by atoms with Crippen LogP contribution in [0.1, 0.15) is 26.5 Å². The van der Waals surface area contributed by atoms with Crippen LogP contribution in [0.4, 0.5) is 5.82 Å². The Labute approximate surface area is 254 Å². The van der Waals surface area contributed by atoms with E-state index in [0.717, 1.165) is 40.1 Å². The minimum absolute atomic E-state index is 0.00356. The summed E-state index contributed by atoms with van der Waals surface area (Å²) in [7, 11) is -11.8. The maximum Gasteiger partial charge on any atom is 0.490 e. The molecule has 17 nitrogen and oxygen atoms in total. The van der Waals surface area contributed by atoms with Crippen molar-refractivity contribution in [2.45, 2.75) is 49.5 Å². The standard InChI is InChI=1S/C20H30BN3O14P3S2/c1-20(2,21-36-18-16-12-13(16)15-14(12)17(15)18)43-42-7-33-8-5-11(24-4-3-10(22)23-19(24)25)35-9(8)6-34-40(29,30)38-41(31,32)37-39(26,27)28/h3-4,8-9,11-18H,5-7H2,1-2H3,(H,29,30)(H,31,32)(H2,22,23,25)(H2,26,27,28)/t8-,9?,11-,12?,13?,14?,15?,16?,17?,18?/m1/s1. The number of anilines is 1. The first-order chi connectivity index (χ1) is 20.0. The molecule has 1 aliphatic heterocycles. The molecule has 5 atom stereocenters. The highest BCUT2D eigenvalue weighted by Gasteiger charge is 2.92. The SMILES string of the molecule is CC(C)([B]OC1C2C3C2C2C1C32)SSCO[C@@H]1C[C@H](n2ccc(N)nc2=O)OC1COP(=O)(O)OP(=O)(O)OP(=O)(O)O. The molecular formula is C20H30BN3O14P3S2. The number of aromatic nitrogens is 2. The van der Waals surface area contributed by atoms with Crippen molar-refractivity contribution in [3.05, 3.63) is 22.7 Å². The van der Waals surface area contributed by atoms with Gasteiger partial charge in [-0.1, -0.05) is 35.4 Å². The lowest BCUT2D eigenvalue weighted by atomic mass is 9.82. The molecule has 0 amide bonds. The second-order valence-corrected chi connectivity index (χ2v) is 18.9. The Morgan fingerprint density at radius 3 is 2.35 bits per heavy atom. The van der Waals surface area contributed by atoms with Crippen molar-refractivity contribution < 1.29 is 60.5 Å². The third-order valence-electron chi connectivity index (χ3n) is 8.31. The summed E-state index contributed by atoms with van der Waals surface area (Å²) in [5, 5.41) is 0. The number of hydrogen-bond donors (Lipinski definition) is 5. The van der Waals surface area contributed by atoms with Gasteiger partial charge in [-0.25, -0.2) is 18.5 Å². The van der Waals surface area contributed by atoms with Crippen LogP contribution in [0.5, 0.6) is 0 Å². The van der Waals surface area contributed by atoms with Gasteiger partial charge in [0.15, 0.2) is 0 Å². The number of nitrogen functional groups attached to an aromatic ring is 1. The summed E-state index contributed by atoms with van der Waals surface area (Å²) in [5.74, 6) is 5.27. The van der Waals surface area contributed by atoms with E-state index >= 15 is 0 Å². The molecule has 6 aliphatic rings. The van der Waals surface area contributed by atoms with E-state index in [0.29, 0.717) is 6.10 Å². The largest absolute Gasteiger partial charge is 0.490 e. The van der Waals surface area contributed by atoms with E-state index in [2.05, 4.69) is 13.6 Å². The Bertz CT molecular complexity index is 1420. The van der Waals surface area contributed by atoms with Crippen LogP contribution in [-0.4, -0.2) is 72.1 Å². The zero-order chi connectivity index (χ0) is 31.1. The van der Waals surface area contributed by atoms with Gasteiger partial charge in [0.25, 0.3) is 0 Å². The van der Waals surface area contributed by atoms with Gasteiger partial charge in [0.2, 0.25) is 0 Å². The highest BCUT2D eigenvalue weighted by molar-refractivity contribution is 8.77. The monoisotopic (exact) mass is 704 g/mol. The molecule has 239 valence electrons. The third kappa shape index (κ3) is 7.04. The van der Waals surface area contributed by atoms with Crippen molar-refractivity contribution in [1.29, 1.82) is 0 Å². The molecule has 6 fully saturated rings. The number of nitrogens with zero attached hydrogens (tertiary/aromatic N) is 2. The summed E-state index contributed by atoms with van der Waals surface area (Å²) in [4.78, 5) is 52.7. The van der Waals surface area contributed by atoms with Crippen LogP contribution in [-0.2, 0) is 41.0 Å². The van der Waals surface area contributed by atoms with Gasteiger partial charge in [0.05, 0.1) is 12.7 Å². The molecular weight excluding hydrogens is 674 g/mol. The molecule has 1 radical (unpaired) electrons. The average Bonchev–Trinajstić information content (AvgIpc) is 3.46. The lowest BCUT2D eigenvalue weighted by Gasteiger charge is -2.25. The number of phosphoric acid groups is 3. The highest BCUT2D eigenvalue weighted by Crippen LogP contribution is 2.92. The molecule has 43 heavy (non-hydrogen) atoms. The molecule has 1 saturated heterocycles. The average molecular weight is 704 g/mol. The summed E-state index contributed by atoms with van der Waals surface area (Å²) in [6.07, 6.45) is -1.01. The first kappa shape index (κ1) is 32.7. The van der Waals surface area contributed by atoms with Crippen LogP contribution >= 0.6 is 45.1 Å². The number of rotatable bonds is 16. The molecule has 5 aliphatic carbocycles. The van der Waals surface area contributed by atoms with Gasteiger partial charge in [0, 0.05) is 23.4 Å². The summed E-state index contributed by atoms with van der Waals surface area (Å²) in [6.45, 7) is 3.32. The maximum absolute atomic E-state index is 12.4. The van der Waals surface area contributed by atoms with Crippen molar-refractivity contribution in [2.24, 2.45) is 35.5 Å². The first-order valence-corrected chi connectivity index (χ1v) is 20.0. The zero-order valence-electron chi connectivity index (χ0n) is 22.6. The summed E-state index contributed by atoms with van der Waals surface area (Å²) >= 11 is 0. The Balaban J connectivity index is 1.02. The number of ether oxygens (including phenoxy) is 2. The smallest absolute Gasteiger partial charge is 0.436 e. The van der Waals surface area contributed by atoms with Crippen LogP contribution in [0.15, 0.2) is 17.1 Å². The molecule has 2 heterocycles. The van der Waals surface area contributed by atoms with Gasteiger partial charge in [-0.15, -0.1) is 0 Å². The van der Waals surface area contributed by atoms with E-state index in [9.17, 15) is 28.3 Å². The predicted octanol–water partition coefficient (Wildman–Crippen LogP) is 1.67. The van der Waals surface area contributed by atoms with Crippen molar-refractivity contribution in [3.63, 3.8) is 0 Å². The fraction of sp³-hybridized carbons (Fsp3) is 0.800. The fourth-order valence-electron chi connectivity index (χ4n) is 6.86. The maximum atomic E-state index is 12.4. The van der Waals surface area contributed by atoms with E-state index in [-0.39, 0.29) is 22.8 Å². The molecule has 3 unspecified atom stereocenters. The Morgan fingerprint density at radius 1 is 1.09 bits per heavy atom. The molecule has 0 aromatic carbocycles. The normalized spacial score (nSPS) is 38.1. The highest BCUT2D eigenvalue weighted by atomic mass is 33.1. The lowest BCUT2D eigenvalue weighted by molar-refractivity contribution is -0.0542. The lowest BCUT2D eigenvalue weighted by Crippen LogP contribution is -2.31. The Hall–Kier alpha value is -0.265. The number of phosphoric ester groups is 1. The van der Waals surface area contributed by atoms with E-state index in [4.69, 9.17) is 34.2 Å². The summed E-state index contributed by atoms with van der Waals surface area (Å²) in [5.41, 5.74) is 4.85. The van der Waals surface area contributed by atoms with Gasteiger partial charge >= 0.3 is 36.6 Å². The van der Waals surface area contributed by atoms with Crippen molar-refractivity contribution >= 4 is 58.4 Å². The molecule has 0 spiro atoms. The topological polar surface area (TPSA) is 248 Å². The van der Waals surface area contributed by atoms with Gasteiger partial charge in [-0.05, 0) is 41.6 Å². The van der Waals surface area contributed by atoms with Crippen LogP contribution in [0.2, 0.25) is 0 Å². The third-order valence-corrected chi connectivity index (χ3v) is 14.9. The van der Waals surface area contributed by atoms with Crippen LogP contribution in [0, 0.1) is 35.5 Å². The van der Waals surface area contributed by atoms with E-state index < -0.39 is 54.2 Å². The van der Waals surface area contributed by atoms with Gasteiger partial charge in [0.1, 0.15) is 24.1 Å². The van der Waals surface area contributed by atoms with Crippen LogP contribution < -0.4 is 11.4 Å². The summed E-state index contributed by atoms with van der Waals surface area (Å²) < 4.78 is 65.8. The summed E-state index contributed by atoms with van der Waals surface area (Å²) in [6, 6.07) is 1.38. The van der Waals surface area contributed by atoms with Crippen molar-refractivity contribution in [2.75, 3.05) is 18.3 Å². The fourth-order valence-corrected chi connectivity index (χ4v) is 11.9. The molecule has 5 saturated carbocycles. The van der Waals surface area contributed by atoms with Gasteiger partial charge in [-0.2, -0.15) is 13.6 Å². The first-order valence-electron chi connectivity index (χ1n) is 13.2. The Kier molecular flexibility index (Phi) is 8.71. The molecule has 23 heteroatoms. The molecule has 1 aromatic rings. The minimum atomic E-state index is -5.69. The van der Waals surface area contributed by atoms with E-state index in [1.54, 1.807) is 0 Å². The second kappa shape index (κ2) is 11.5. The minimum Gasteiger partial charge on any atom is -0.436 e. The van der Waals surface area contributed by atoms with Crippen molar-refractivity contribution in [1.82, 2.24) is 9.55 Å². The molecule has 7 rings (SSSR count). The molecule has 1 aromatic heterocycles. The number of hydrogen-bond acceptors (Lipinski definition) is 14. The quantitative estimate of drug-likeness (QED) is 0.0540. The predicted molar refractivity (Wildman–Crippen MR) is 152 cm³/mol. The van der Waals surface area contributed by atoms with Gasteiger partial charge < -0.3 is 39.4 Å². The molecule has 6 N–H and O–H groups in total. The second-order valence-electron chi connectivity index (χ2n) is 11.6. The molecule has 2 bridgehead atoms. The van der Waals surface area contributed by atoms with Gasteiger partial charge in [-0.3, -0.25) is 9.09 Å². The van der Waals surface area contributed by atoms with Crippen LogP contribution in [0.3, 0.4) is 0 Å². The van der Waals surface area contributed by atoms with Crippen molar-refractivity contribution in [3.8, 4) is 0 Å². The van der Waals surface area contributed by atoms with E-state index in [1.807, 2.05) is 21.3 Å². The van der Waals surface area contributed by atoms with E-state index in [1.165, 1.54) is 33.9 Å². The van der Waals surface area contributed by atoms with Crippen LogP contribution in [0.25, 0.3) is 0 Å². The number of nitrogens with two attached hydrogens (primary N) is 1. The zero-order valence-corrected chi connectivity index (χ0v) is 26.9.